The van der Waals surface area contributed by atoms with Gasteiger partial charge in [-0.1, -0.05) is 30.3 Å². The fourth-order valence-corrected chi connectivity index (χ4v) is 5.65. The lowest BCUT2D eigenvalue weighted by atomic mass is 9.95. The third-order valence-electron chi connectivity index (χ3n) is 7.37. The minimum atomic E-state index is -0.367. The fourth-order valence-electron chi connectivity index (χ4n) is 5.65. The van der Waals surface area contributed by atoms with Gasteiger partial charge in [-0.2, -0.15) is 0 Å². The van der Waals surface area contributed by atoms with E-state index in [0.29, 0.717) is 17.9 Å². The summed E-state index contributed by atoms with van der Waals surface area (Å²) < 4.78 is 7.71. The van der Waals surface area contributed by atoms with E-state index < -0.39 is 0 Å². The highest BCUT2D eigenvalue weighted by Gasteiger charge is 2.33. The number of ether oxygens (including phenoxy) is 1. The first-order chi connectivity index (χ1) is 17.1. The Balaban J connectivity index is 1.48. The summed E-state index contributed by atoms with van der Waals surface area (Å²) in [6.45, 7) is 7.05. The van der Waals surface area contributed by atoms with Gasteiger partial charge in [0.2, 0.25) is 0 Å². The van der Waals surface area contributed by atoms with E-state index in [2.05, 4.69) is 62.7 Å². The molecule has 0 radical (unpaired) electrons. The molecule has 1 saturated heterocycles. The molecule has 35 heavy (non-hydrogen) atoms. The summed E-state index contributed by atoms with van der Waals surface area (Å²) in [5.41, 5.74) is 6.34. The Morgan fingerprint density at radius 2 is 2.03 bits per heavy atom. The van der Waals surface area contributed by atoms with E-state index in [-0.39, 0.29) is 17.7 Å². The van der Waals surface area contributed by atoms with Crippen molar-refractivity contribution in [2.75, 3.05) is 13.2 Å². The predicted molar refractivity (Wildman–Crippen MR) is 133 cm³/mol. The number of aryl methyl sites for hydroxylation is 2. The van der Waals surface area contributed by atoms with Crippen molar-refractivity contribution in [1.82, 2.24) is 30.1 Å². The van der Waals surface area contributed by atoms with Crippen LogP contribution < -0.4 is 5.56 Å². The molecule has 2 aromatic heterocycles. The predicted octanol–water partition coefficient (Wildman–Crippen LogP) is 3.46. The zero-order valence-electron chi connectivity index (χ0n) is 20.2. The van der Waals surface area contributed by atoms with Crippen molar-refractivity contribution in [3.63, 3.8) is 0 Å². The normalized spacial score (nSPS) is 19.2. The third kappa shape index (κ3) is 4.17. The zero-order chi connectivity index (χ0) is 23.9. The Morgan fingerprint density at radius 1 is 1.17 bits per heavy atom. The van der Waals surface area contributed by atoms with Gasteiger partial charge in [-0.25, -0.2) is 4.68 Å². The molecule has 4 aromatic rings. The van der Waals surface area contributed by atoms with Gasteiger partial charge in [0.1, 0.15) is 6.04 Å². The number of hydrogen-bond acceptors (Lipinski definition) is 6. The second-order valence-electron chi connectivity index (χ2n) is 9.84. The van der Waals surface area contributed by atoms with Crippen molar-refractivity contribution in [3.8, 4) is 0 Å². The van der Waals surface area contributed by atoms with Crippen LogP contribution in [0.5, 0.6) is 0 Å². The van der Waals surface area contributed by atoms with Gasteiger partial charge in [0.05, 0.1) is 12.6 Å². The minimum Gasteiger partial charge on any atom is -0.376 e. The van der Waals surface area contributed by atoms with Crippen LogP contribution in [0.3, 0.4) is 0 Å². The fraction of sp³-hybridized carbons (Fsp3) is 0.407. The number of H-pyrrole nitrogens is 1. The third-order valence-corrected chi connectivity index (χ3v) is 7.37. The Kier molecular flexibility index (Phi) is 5.70. The first kappa shape index (κ1) is 22.1. The monoisotopic (exact) mass is 470 g/mol. The molecule has 2 aliphatic heterocycles. The molecular formula is C27H30N6O2. The summed E-state index contributed by atoms with van der Waals surface area (Å²) >= 11 is 0. The van der Waals surface area contributed by atoms with Gasteiger partial charge in [0.25, 0.3) is 5.56 Å². The topological polar surface area (TPSA) is 88.9 Å². The maximum absolute atomic E-state index is 13.6. The maximum atomic E-state index is 13.6. The van der Waals surface area contributed by atoms with E-state index in [4.69, 9.17) is 4.74 Å². The molecule has 6 rings (SSSR count). The Bertz CT molecular complexity index is 1440. The van der Waals surface area contributed by atoms with Crippen molar-refractivity contribution in [2.24, 2.45) is 0 Å². The zero-order valence-corrected chi connectivity index (χ0v) is 20.2. The average molecular weight is 471 g/mol. The smallest absolute Gasteiger partial charge is 0.253 e. The van der Waals surface area contributed by atoms with E-state index in [1.165, 1.54) is 11.1 Å². The summed E-state index contributed by atoms with van der Waals surface area (Å²) in [6.07, 6.45) is 3.07. The van der Waals surface area contributed by atoms with Crippen LogP contribution in [0.4, 0.5) is 0 Å². The van der Waals surface area contributed by atoms with Gasteiger partial charge >= 0.3 is 0 Å². The lowest BCUT2D eigenvalue weighted by molar-refractivity contribution is 0.0904. The van der Waals surface area contributed by atoms with Crippen LogP contribution >= 0.6 is 0 Å². The molecule has 8 nitrogen and oxygen atoms in total. The van der Waals surface area contributed by atoms with Crippen LogP contribution in [0.15, 0.2) is 47.3 Å². The molecule has 2 atom stereocenters. The molecule has 0 spiro atoms. The summed E-state index contributed by atoms with van der Waals surface area (Å²) in [6, 6.07) is 14.4. The number of nitrogens with zero attached hydrogens (tertiary/aromatic N) is 5. The maximum Gasteiger partial charge on any atom is 0.253 e. The Morgan fingerprint density at radius 3 is 2.86 bits per heavy atom. The molecule has 2 aliphatic rings. The van der Waals surface area contributed by atoms with Gasteiger partial charge < -0.3 is 9.72 Å². The van der Waals surface area contributed by atoms with Gasteiger partial charge in [0.15, 0.2) is 5.82 Å². The summed E-state index contributed by atoms with van der Waals surface area (Å²) in [4.78, 5) is 19.0. The van der Waals surface area contributed by atoms with Crippen LogP contribution in [0, 0.1) is 13.8 Å². The first-order valence-corrected chi connectivity index (χ1v) is 12.4. The minimum absolute atomic E-state index is 0.0973. The highest BCUT2D eigenvalue weighted by molar-refractivity contribution is 5.83. The van der Waals surface area contributed by atoms with Gasteiger partial charge in [-0.15, -0.1) is 5.10 Å². The number of tetrazole rings is 1. The molecule has 1 fully saturated rings. The van der Waals surface area contributed by atoms with Crippen molar-refractivity contribution in [1.29, 1.82) is 0 Å². The lowest BCUT2D eigenvalue weighted by Crippen LogP contribution is -2.39. The van der Waals surface area contributed by atoms with E-state index in [9.17, 15) is 4.79 Å². The molecule has 180 valence electrons. The second-order valence-corrected chi connectivity index (χ2v) is 9.84. The molecule has 0 bridgehead atoms. The summed E-state index contributed by atoms with van der Waals surface area (Å²) in [5.74, 6) is 0.689. The highest BCUT2D eigenvalue weighted by atomic mass is 16.5. The van der Waals surface area contributed by atoms with Crippen molar-refractivity contribution in [2.45, 2.75) is 58.3 Å². The van der Waals surface area contributed by atoms with Gasteiger partial charge in [0, 0.05) is 36.2 Å². The largest absolute Gasteiger partial charge is 0.376 e. The molecule has 2 aromatic carbocycles. The van der Waals surface area contributed by atoms with Crippen LogP contribution in [-0.4, -0.2) is 49.3 Å². The molecule has 8 heteroatoms. The summed E-state index contributed by atoms with van der Waals surface area (Å²) in [7, 11) is 0. The Labute approximate surface area is 203 Å². The van der Waals surface area contributed by atoms with Crippen LogP contribution in [0.1, 0.15) is 52.5 Å². The molecule has 4 heterocycles. The van der Waals surface area contributed by atoms with Gasteiger partial charge in [-0.3, -0.25) is 9.69 Å². The number of aromatic amines is 1. The number of fused-ring (bicyclic) bond motifs is 2. The molecule has 1 N–H and O–H groups in total. The van der Waals surface area contributed by atoms with E-state index in [1.807, 2.05) is 23.7 Å². The van der Waals surface area contributed by atoms with Crippen molar-refractivity contribution in [3.05, 3.63) is 86.5 Å². The molecule has 2 unspecified atom stereocenters. The number of rotatable bonds is 5. The number of aromatic nitrogens is 5. The Hall–Kier alpha value is -3.36. The van der Waals surface area contributed by atoms with Crippen LogP contribution in [0.25, 0.3) is 10.9 Å². The molecule has 0 saturated carbocycles. The standard InChI is InChI=1S/C27H30N6O2/c1-17-12-18(2)22-14-23(27(34)28-24(22)13-17)25(32-10-9-19-6-3-4-7-20(19)15-32)26-29-30-31-33(26)16-21-8-5-11-35-21/h3-4,6-7,12-14,21,25H,5,8-11,15-16H2,1-2H3,(H,28,34). The molecule has 0 amide bonds. The van der Waals surface area contributed by atoms with E-state index in [1.54, 1.807) is 0 Å². The lowest BCUT2D eigenvalue weighted by Gasteiger charge is -2.35. The average Bonchev–Trinajstić information content (AvgIpc) is 3.53. The van der Waals surface area contributed by atoms with Crippen LogP contribution in [0.2, 0.25) is 0 Å². The number of hydrogen-bond donors (Lipinski definition) is 1. The van der Waals surface area contributed by atoms with Crippen molar-refractivity contribution >= 4 is 10.9 Å². The highest BCUT2D eigenvalue weighted by Crippen LogP contribution is 2.32. The quantitative estimate of drug-likeness (QED) is 0.481. The number of nitrogens with one attached hydrogen (secondary N) is 1. The SMILES string of the molecule is Cc1cc(C)c2cc(C(c3nnnn3CC3CCCO3)N3CCc4ccccc4C3)c(=O)[nH]c2c1. The van der Waals surface area contributed by atoms with E-state index >= 15 is 0 Å². The van der Waals surface area contributed by atoms with Crippen LogP contribution in [-0.2, 0) is 24.2 Å². The van der Waals surface area contributed by atoms with Gasteiger partial charge in [-0.05, 0) is 77.9 Å². The van der Waals surface area contributed by atoms with Crippen molar-refractivity contribution < 1.29 is 4.74 Å². The molecule has 0 aliphatic carbocycles. The molecular weight excluding hydrogens is 440 g/mol. The number of benzene rings is 2. The first-order valence-electron chi connectivity index (χ1n) is 12.4. The summed E-state index contributed by atoms with van der Waals surface area (Å²) in [5, 5.41) is 13.9. The second kappa shape index (κ2) is 9.02. The van der Waals surface area contributed by atoms with E-state index in [0.717, 1.165) is 61.0 Å². The number of pyridine rings is 1.